The molecule has 4 unspecified atom stereocenters. The molecule has 0 heterocycles. The van der Waals surface area contributed by atoms with Gasteiger partial charge in [-0.1, -0.05) is 43.7 Å². The standard InChI is InChI=1S/C28H39F3O3/c1-18-20(16-21(32)17-23(18)33)8-7-19-6-4-11-25(2)22(19)9-10-24(25)27(14-15-27)13-5-12-26(3,34)28(29,30)31/h5,8,10,12,19,21-23,32-34H,1,4,6-7,9,11,13-17H2,2-3H3/b12-5+,20-8-/t19?,21?,22?,23-,25-,26?/m0/s1. The highest BCUT2D eigenvalue weighted by molar-refractivity contribution is 5.37. The number of aliphatic hydroxyl groups excluding tert-OH is 2. The number of alkyl halides is 3. The van der Waals surface area contributed by atoms with E-state index in [1.807, 2.05) is 0 Å². The quantitative estimate of drug-likeness (QED) is 0.399. The Kier molecular flexibility index (Phi) is 6.76. The molecule has 190 valence electrons. The SMILES string of the molecule is C=C1/C(=C\CC2CCC[C@]3(C)C(C4(C/C=C/C(C)(O)C(F)(F)F)CC4)=CCC23)CC(O)C[C@@H]1O. The van der Waals surface area contributed by atoms with E-state index in [1.165, 1.54) is 11.6 Å². The van der Waals surface area contributed by atoms with Crippen LogP contribution in [0.1, 0.15) is 78.1 Å². The van der Waals surface area contributed by atoms with Crippen LogP contribution in [0, 0.1) is 22.7 Å². The van der Waals surface area contributed by atoms with Crippen LogP contribution in [0.2, 0.25) is 0 Å². The molecular weight excluding hydrogens is 441 g/mol. The lowest BCUT2D eigenvalue weighted by Crippen LogP contribution is -2.40. The first kappa shape index (κ1) is 25.7. The van der Waals surface area contributed by atoms with Crippen molar-refractivity contribution in [2.24, 2.45) is 22.7 Å². The van der Waals surface area contributed by atoms with Crippen LogP contribution >= 0.6 is 0 Å². The van der Waals surface area contributed by atoms with Crippen LogP contribution in [0.25, 0.3) is 0 Å². The van der Waals surface area contributed by atoms with Crippen LogP contribution in [0.15, 0.2) is 47.6 Å². The summed E-state index contributed by atoms with van der Waals surface area (Å²) in [6.45, 7) is 7.18. The van der Waals surface area contributed by atoms with Crippen LogP contribution in [0.3, 0.4) is 0 Å². The van der Waals surface area contributed by atoms with E-state index in [0.717, 1.165) is 69.1 Å². The van der Waals surface area contributed by atoms with E-state index in [1.54, 1.807) is 0 Å². The highest BCUT2D eigenvalue weighted by Crippen LogP contribution is 2.67. The molecule has 0 aromatic heterocycles. The summed E-state index contributed by atoms with van der Waals surface area (Å²) in [4.78, 5) is 0. The zero-order valence-electron chi connectivity index (χ0n) is 20.4. The highest BCUT2D eigenvalue weighted by Gasteiger charge is 2.57. The van der Waals surface area contributed by atoms with Gasteiger partial charge in [0.05, 0.1) is 12.2 Å². The molecule has 34 heavy (non-hydrogen) atoms. The zero-order valence-corrected chi connectivity index (χ0v) is 20.4. The molecule has 4 rings (SSSR count). The zero-order chi connectivity index (χ0) is 24.9. The Labute approximate surface area is 201 Å². The van der Waals surface area contributed by atoms with E-state index < -0.39 is 24.0 Å². The fraction of sp³-hybridized carbons (Fsp3) is 0.714. The Hall–Kier alpha value is -1.37. The van der Waals surface area contributed by atoms with Crippen molar-refractivity contribution < 1.29 is 28.5 Å². The summed E-state index contributed by atoms with van der Waals surface area (Å²) < 4.78 is 39.1. The summed E-state index contributed by atoms with van der Waals surface area (Å²) in [5, 5.41) is 30.0. The number of fused-ring (bicyclic) bond motifs is 1. The first-order valence-electron chi connectivity index (χ1n) is 12.7. The van der Waals surface area contributed by atoms with E-state index in [-0.39, 0.29) is 10.8 Å². The predicted molar refractivity (Wildman–Crippen MR) is 127 cm³/mol. The molecule has 6 atom stereocenters. The van der Waals surface area contributed by atoms with Crippen molar-refractivity contribution in [2.45, 2.75) is 102 Å². The van der Waals surface area contributed by atoms with Gasteiger partial charge in [0.15, 0.2) is 5.60 Å². The summed E-state index contributed by atoms with van der Waals surface area (Å²) in [6, 6.07) is 0. The molecule has 3 saturated carbocycles. The molecule has 3 nitrogen and oxygen atoms in total. The first-order chi connectivity index (χ1) is 15.8. The molecule has 0 bridgehead atoms. The van der Waals surface area contributed by atoms with Crippen LogP contribution in [-0.2, 0) is 0 Å². The summed E-state index contributed by atoms with van der Waals surface area (Å²) in [7, 11) is 0. The Morgan fingerprint density at radius 3 is 2.56 bits per heavy atom. The normalized spacial score (nSPS) is 38.6. The van der Waals surface area contributed by atoms with E-state index >= 15 is 0 Å². The molecular formula is C28H39F3O3. The average Bonchev–Trinajstić information content (AvgIpc) is 3.41. The molecule has 0 radical (unpaired) electrons. The molecule has 3 fully saturated rings. The van der Waals surface area contributed by atoms with Gasteiger partial charge in [0.2, 0.25) is 0 Å². The molecule has 0 saturated heterocycles. The van der Waals surface area contributed by atoms with Crippen molar-refractivity contribution in [2.75, 3.05) is 0 Å². The first-order valence-corrected chi connectivity index (χ1v) is 12.7. The van der Waals surface area contributed by atoms with E-state index in [4.69, 9.17) is 0 Å². The Balaban J connectivity index is 1.45. The third-order valence-corrected chi connectivity index (χ3v) is 9.23. The second-order valence-corrected chi connectivity index (χ2v) is 11.7. The Bertz CT molecular complexity index is 893. The molecule has 0 amide bonds. The van der Waals surface area contributed by atoms with Gasteiger partial charge in [0, 0.05) is 6.42 Å². The van der Waals surface area contributed by atoms with Gasteiger partial charge >= 0.3 is 6.18 Å². The topological polar surface area (TPSA) is 60.7 Å². The number of hydrogen-bond acceptors (Lipinski definition) is 3. The number of hydrogen-bond donors (Lipinski definition) is 3. The monoisotopic (exact) mass is 480 g/mol. The van der Waals surface area contributed by atoms with E-state index in [0.29, 0.717) is 31.1 Å². The number of allylic oxidation sites excluding steroid dienone is 4. The minimum Gasteiger partial charge on any atom is -0.393 e. The maximum atomic E-state index is 13.0. The van der Waals surface area contributed by atoms with Crippen molar-refractivity contribution in [3.8, 4) is 0 Å². The maximum absolute atomic E-state index is 13.0. The van der Waals surface area contributed by atoms with Crippen molar-refractivity contribution >= 4 is 0 Å². The summed E-state index contributed by atoms with van der Waals surface area (Å²) in [5.74, 6) is 1.00. The molecule has 3 N–H and O–H groups in total. The minimum atomic E-state index is -4.68. The summed E-state index contributed by atoms with van der Waals surface area (Å²) in [6.07, 6.45) is 9.81. The fourth-order valence-electron chi connectivity index (χ4n) is 6.94. The molecule has 0 aromatic carbocycles. The van der Waals surface area contributed by atoms with Gasteiger partial charge in [-0.3, -0.25) is 0 Å². The highest BCUT2D eigenvalue weighted by atomic mass is 19.4. The fourth-order valence-corrected chi connectivity index (χ4v) is 6.94. The van der Waals surface area contributed by atoms with Crippen molar-refractivity contribution in [1.82, 2.24) is 0 Å². The van der Waals surface area contributed by atoms with Crippen molar-refractivity contribution in [3.05, 3.63) is 47.6 Å². The van der Waals surface area contributed by atoms with Crippen LogP contribution in [0.5, 0.6) is 0 Å². The van der Waals surface area contributed by atoms with Gasteiger partial charge in [-0.15, -0.1) is 0 Å². The number of rotatable bonds is 6. The second-order valence-electron chi connectivity index (χ2n) is 11.7. The minimum absolute atomic E-state index is 0.0565. The largest absolute Gasteiger partial charge is 0.420 e. The van der Waals surface area contributed by atoms with Gasteiger partial charge in [0.1, 0.15) is 0 Å². The predicted octanol–water partition coefficient (Wildman–Crippen LogP) is 6.17. The van der Waals surface area contributed by atoms with Gasteiger partial charge in [-0.2, -0.15) is 13.2 Å². The van der Waals surface area contributed by atoms with Crippen LogP contribution in [-0.4, -0.2) is 39.3 Å². The summed E-state index contributed by atoms with van der Waals surface area (Å²) in [5.41, 5.74) is 0.326. The number of halogens is 3. The van der Waals surface area contributed by atoms with Crippen LogP contribution < -0.4 is 0 Å². The molecule has 0 aromatic rings. The van der Waals surface area contributed by atoms with Gasteiger partial charge in [-0.05, 0) is 98.2 Å². The second kappa shape index (κ2) is 8.94. The maximum Gasteiger partial charge on any atom is 0.420 e. The molecule has 0 aliphatic heterocycles. The third-order valence-electron chi connectivity index (χ3n) is 9.23. The van der Waals surface area contributed by atoms with Gasteiger partial charge < -0.3 is 15.3 Å². The lowest BCUT2D eigenvalue weighted by atomic mass is 9.58. The molecule has 4 aliphatic rings. The van der Waals surface area contributed by atoms with Gasteiger partial charge in [0.25, 0.3) is 0 Å². The lowest BCUT2D eigenvalue weighted by Gasteiger charge is -2.46. The lowest BCUT2D eigenvalue weighted by molar-refractivity contribution is -0.232. The van der Waals surface area contributed by atoms with E-state index in [2.05, 4.69) is 25.7 Å². The van der Waals surface area contributed by atoms with Crippen molar-refractivity contribution in [3.63, 3.8) is 0 Å². The van der Waals surface area contributed by atoms with Gasteiger partial charge in [-0.25, -0.2) is 0 Å². The molecule has 4 aliphatic carbocycles. The molecule has 6 heteroatoms. The number of aliphatic hydroxyl groups is 3. The molecule has 0 spiro atoms. The van der Waals surface area contributed by atoms with Crippen molar-refractivity contribution in [1.29, 1.82) is 0 Å². The smallest absolute Gasteiger partial charge is 0.393 e. The average molecular weight is 481 g/mol. The van der Waals surface area contributed by atoms with Crippen LogP contribution in [0.4, 0.5) is 13.2 Å². The Morgan fingerprint density at radius 2 is 1.91 bits per heavy atom. The Morgan fingerprint density at radius 1 is 1.21 bits per heavy atom. The third kappa shape index (κ3) is 4.70. The summed E-state index contributed by atoms with van der Waals surface area (Å²) >= 11 is 0. The van der Waals surface area contributed by atoms with E-state index in [9.17, 15) is 28.5 Å².